The van der Waals surface area contributed by atoms with Crippen molar-refractivity contribution in [3.63, 3.8) is 0 Å². The first-order chi connectivity index (χ1) is 14.0. The molecule has 150 valence electrons. The van der Waals surface area contributed by atoms with Gasteiger partial charge in [-0.1, -0.05) is 23.7 Å². The summed E-state index contributed by atoms with van der Waals surface area (Å²) < 4.78 is 7.01. The second-order valence-corrected chi connectivity index (χ2v) is 6.74. The molecule has 29 heavy (non-hydrogen) atoms. The van der Waals surface area contributed by atoms with E-state index in [2.05, 4.69) is 10.4 Å². The molecular weight excluding hydrogens is 394 g/mol. The van der Waals surface area contributed by atoms with Crippen LogP contribution in [-0.4, -0.2) is 40.4 Å². The quantitative estimate of drug-likeness (QED) is 0.590. The molecule has 0 bridgehead atoms. The lowest BCUT2D eigenvalue weighted by Crippen LogP contribution is -2.29. The van der Waals surface area contributed by atoms with E-state index in [0.717, 1.165) is 28.4 Å². The largest absolute Gasteiger partial charge is 0.497 e. The molecule has 1 heterocycles. The Morgan fingerprint density at radius 2 is 1.83 bits per heavy atom. The normalized spacial score (nSPS) is 10.6. The lowest BCUT2D eigenvalue weighted by molar-refractivity contribution is -0.137. The minimum absolute atomic E-state index is 0.146. The molecular formula is C21H20ClN3O4. The molecule has 3 rings (SSSR count). The minimum Gasteiger partial charge on any atom is -0.497 e. The lowest BCUT2D eigenvalue weighted by atomic mass is 10.1. The third-order valence-corrected chi connectivity index (χ3v) is 4.51. The predicted molar refractivity (Wildman–Crippen MR) is 110 cm³/mol. The van der Waals surface area contributed by atoms with E-state index in [1.54, 1.807) is 23.9 Å². The van der Waals surface area contributed by atoms with E-state index in [0.29, 0.717) is 11.4 Å². The number of hydrogen-bond acceptors (Lipinski definition) is 4. The molecule has 0 saturated carbocycles. The summed E-state index contributed by atoms with van der Waals surface area (Å²) in [5, 5.41) is 16.3. The minimum atomic E-state index is -1.08. The Bertz CT molecular complexity index is 998. The van der Waals surface area contributed by atoms with Crippen molar-refractivity contribution in [3.8, 4) is 22.7 Å². The number of carbonyl (C=O) groups excluding carboxylic acids is 1. The number of aromatic nitrogens is 2. The number of carboxylic acid groups (broad SMARTS) is 1. The van der Waals surface area contributed by atoms with Crippen LogP contribution in [0.25, 0.3) is 16.9 Å². The number of carboxylic acids is 1. The van der Waals surface area contributed by atoms with E-state index in [1.165, 1.54) is 0 Å². The van der Waals surface area contributed by atoms with Gasteiger partial charge in [-0.05, 0) is 42.5 Å². The van der Waals surface area contributed by atoms with Crippen molar-refractivity contribution < 1.29 is 19.4 Å². The smallest absolute Gasteiger partial charge is 0.322 e. The van der Waals surface area contributed by atoms with Gasteiger partial charge in [-0.25, -0.2) is 4.68 Å². The van der Waals surface area contributed by atoms with Crippen LogP contribution in [0.15, 0.2) is 54.6 Å². The summed E-state index contributed by atoms with van der Waals surface area (Å²) in [6, 6.07) is 16.8. The monoisotopic (exact) mass is 413 g/mol. The van der Waals surface area contributed by atoms with E-state index in [-0.39, 0.29) is 12.3 Å². The number of carbonyl (C=O) groups is 2. The number of ether oxygens (including phenoxy) is 1. The van der Waals surface area contributed by atoms with E-state index in [9.17, 15) is 9.59 Å². The molecule has 0 aliphatic carbocycles. The maximum atomic E-state index is 11.8. The number of aliphatic carboxylic acids is 1. The van der Waals surface area contributed by atoms with Crippen LogP contribution in [0.5, 0.6) is 5.75 Å². The van der Waals surface area contributed by atoms with E-state index < -0.39 is 12.5 Å². The first kappa shape index (κ1) is 20.4. The molecule has 0 fully saturated rings. The molecule has 0 spiro atoms. The molecule has 8 heteroatoms. The van der Waals surface area contributed by atoms with Crippen LogP contribution < -0.4 is 10.1 Å². The van der Waals surface area contributed by atoms with Gasteiger partial charge in [0, 0.05) is 23.4 Å². The van der Waals surface area contributed by atoms with Crippen molar-refractivity contribution in [2.24, 2.45) is 0 Å². The Morgan fingerprint density at radius 3 is 2.45 bits per heavy atom. The van der Waals surface area contributed by atoms with Gasteiger partial charge in [0.2, 0.25) is 5.91 Å². The number of amides is 1. The molecule has 7 nitrogen and oxygen atoms in total. The number of nitrogens with zero attached hydrogens (tertiary/aromatic N) is 2. The molecule has 0 unspecified atom stereocenters. The number of benzene rings is 2. The van der Waals surface area contributed by atoms with E-state index >= 15 is 0 Å². The predicted octanol–water partition coefficient (Wildman–Crippen LogP) is 3.33. The van der Waals surface area contributed by atoms with Gasteiger partial charge in [-0.2, -0.15) is 5.10 Å². The van der Waals surface area contributed by atoms with Crippen LogP contribution in [-0.2, 0) is 16.0 Å². The molecule has 2 N–H and O–H groups in total. The number of nitrogens with one attached hydrogen (secondary N) is 1. The molecule has 0 atom stereocenters. The second kappa shape index (κ2) is 9.25. The fourth-order valence-corrected chi connectivity index (χ4v) is 2.93. The highest BCUT2D eigenvalue weighted by Gasteiger charge is 2.13. The first-order valence-electron chi connectivity index (χ1n) is 8.94. The number of methoxy groups -OCH3 is 1. The number of rotatable bonds is 8. The average Bonchev–Trinajstić information content (AvgIpc) is 3.15. The van der Waals surface area contributed by atoms with Gasteiger partial charge in [0.25, 0.3) is 0 Å². The summed E-state index contributed by atoms with van der Waals surface area (Å²) in [6.07, 6.45) is 0.530. The topological polar surface area (TPSA) is 93.5 Å². The van der Waals surface area contributed by atoms with Crippen molar-refractivity contribution in [3.05, 3.63) is 65.3 Å². The van der Waals surface area contributed by atoms with Crippen LogP contribution in [0.2, 0.25) is 5.02 Å². The number of halogens is 1. The molecule has 0 aliphatic heterocycles. The fourth-order valence-electron chi connectivity index (χ4n) is 2.80. The van der Waals surface area contributed by atoms with Crippen molar-refractivity contribution in [2.75, 3.05) is 13.7 Å². The highest BCUT2D eigenvalue weighted by molar-refractivity contribution is 6.30. The lowest BCUT2D eigenvalue weighted by Gasteiger charge is -2.08. The zero-order chi connectivity index (χ0) is 20.8. The molecule has 1 amide bonds. The summed E-state index contributed by atoms with van der Waals surface area (Å²) >= 11 is 6.01. The maximum absolute atomic E-state index is 11.8. The van der Waals surface area contributed by atoms with Gasteiger partial charge >= 0.3 is 5.97 Å². The molecule has 2 aromatic carbocycles. The average molecular weight is 414 g/mol. The highest BCUT2D eigenvalue weighted by atomic mass is 35.5. The van der Waals surface area contributed by atoms with Crippen LogP contribution in [0.4, 0.5) is 0 Å². The van der Waals surface area contributed by atoms with Crippen LogP contribution in [0.3, 0.4) is 0 Å². The van der Waals surface area contributed by atoms with Crippen molar-refractivity contribution in [1.82, 2.24) is 15.1 Å². The van der Waals surface area contributed by atoms with Gasteiger partial charge in [0.1, 0.15) is 12.3 Å². The van der Waals surface area contributed by atoms with Gasteiger partial charge in [0.15, 0.2) is 0 Å². The molecule has 3 aromatic rings. The Kier molecular flexibility index (Phi) is 6.51. The van der Waals surface area contributed by atoms with Crippen LogP contribution in [0.1, 0.15) is 12.1 Å². The second-order valence-electron chi connectivity index (χ2n) is 6.31. The van der Waals surface area contributed by atoms with Crippen molar-refractivity contribution in [1.29, 1.82) is 0 Å². The van der Waals surface area contributed by atoms with E-state index in [1.807, 2.05) is 42.5 Å². The van der Waals surface area contributed by atoms with E-state index in [4.69, 9.17) is 21.4 Å². The maximum Gasteiger partial charge on any atom is 0.322 e. The van der Waals surface area contributed by atoms with Crippen molar-refractivity contribution >= 4 is 23.5 Å². The molecule has 0 aliphatic rings. The highest BCUT2D eigenvalue weighted by Crippen LogP contribution is 2.27. The Morgan fingerprint density at radius 1 is 1.14 bits per heavy atom. The summed E-state index contributed by atoms with van der Waals surface area (Å²) in [5.74, 6) is -0.670. The third-order valence-electron chi connectivity index (χ3n) is 4.26. The SMILES string of the molecule is COc1ccc(-n2nc(CCC(=O)NCC(=O)O)cc2-c2ccc(Cl)cc2)cc1. The summed E-state index contributed by atoms with van der Waals surface area (Å²) in [4.78, 5) is 22.4. The zero-order valence-electron chi connectivity index (χ0n) is 15.8. The van der Waals surface area contributed by atoms with Gasteiger partial charge in [-0.15, -0.1) is 0 Å². The van der Waals surface area contributed by atoms with Gasteiger partial charge in [0.05, 0.1) is 24.2 Å². The fraction of sp³-hybridized carbons (Fsp3) is 0.190. The molecule has 1 aromatic heterocycles. The van der Waals surface area contributed by atoms with Crippen LogP contribution in [0, 0.1) is 0 Å². The van der Waals surface area contributed by atoms with Gasteiger partial charge in [-0.3, -0.25) is 9.59 Å². The summed E-state index contributed by atoms with van der Waals surface area (Å²) in [7, 11) is 1.61. The summed E-state index contributed by atoms with van der Waals surface area (Å²) in [6.45, 7) is -0.394. The summed E-state index contributed by atoms with van der Waals surface area (Å²) in [5.41, 5.74) is 3.35. The van der Waals surface area contributed by atoms with Gasteiger partial charge < -0.3 is 15.2 Å². The van der Waals surface area contributed by atoms with Crippen molar-refractivity contribution in [2.45, 2.75) is 12.8 Å². The molecule has 0 saturated heterocycles. The zero-order valence-corrected chi connectivity index (χ0v) is 16.5. The Labute approximate surface area is 172 Å². The number of hydrogen-bond donors (Lipinski definition) is 2. The number of aryl methyl sites for hydroxylation is 1. The standard InChI is InChI=1S/C21H20ClN3O4/c1-29-18-9-7-17(8-10-18)25-19(14-2-4-15(22)5-3-14)12-16(24-25)6-11-20(26)23-13-21(27)28/h2-5,7-10,12H,6,11,13H2,1H3,(H,23,26)(H,27,28). The molecule has 0 radical (unpaired) electrons. The first-order valence-corrected chi connectivity index (χ1v) is 9.32. The van der Waals surface area contributed by atoms with Crippen LogP contribution >= 0.6 is 11.6 Å². The third kappa shape index (κ3) is 5.36. The Hall–Kier alpha value is -3.32. The Balaban J connectivity index is 1.87.